The van der Waals surface area contributed by atoms with Crippen LogP contribution in [0, 0.1) is 5.92 Å². The molecule has 35 heavy (non-hydrogen) atoms. The van der Waals surface area contributed by atoms with Crippen molar-refractivity contribution in [1.29, 1.82) is 0 Å². The molecule has 0 saturated heterocycles. The van der Waals surface area contributed by atoms with Gasteiger partial charge < -0.3 is 21.3 Å². The smallest absolute Gasteiger partial charge is 0.243 e. The van der Waals surface area contributed by atoms with E-state index in [0.29, 0.717) is 36.3 Å². The molecular formula is C28H32N4O3. The molecule has 0 aliphatic carbocycles. The number of hydrogen-bond donors (Lipinski definition) is 4. The van der Waals surface area contributed by atoms with Crippen LogP contribution in [0.1, 0.15) is 32.3 Å². The summed E-state index contributed by atoms with van der Waals surface area (Å²) in [6.07, 6.45) is 1.53. The van der Waals surface area contributed by atoms with Gasteiger partial charge in [0.15, 0.2) is 0 Å². The van der Waals surface area contributed by atoms with Gasteiger partial charge in [0.2, 0.25) is 17.7 Å². The Labute approximate surface area is 206 Å². The highest BCUT2D eigenvalue weighted by Gasteiger charge is 2.07. The zero-order valence-corrected chi connectivity index (χ0v) is 20.1. The average Bonchev–Trinajstić information content (AvgIpc) is 2.83. The van der Waals surface area contributed by atoms with Crippen LogP contribution in [0.3, 0.4) is 0 Å². The third kappa shape index (κ3) is 9.33. The molecule has 7 heteroatoms. The van der Waals surface area contributed by atoms with Gasteiger partial charge in [0.25, 0.3) is 0 Å². The molecule has 3 amide bonds. The Balaban J connectivity index is 1.43. The Bertz CT molecular complexity index is 1130. The highest BCUT2D eigenvalue weighted by atomic mass is 16.2. The molecule has 0 spiro atoms. The third-order valence-electron chi connectivity index (χ3n) is 5.13. The van der Waals surface area contributed by atoms with Crippen LogP contribution in [-0.4, -0.2) is 24.3 Å². The molecule has 3 aromatic carbocycles. The molecule has 0 unspecified atom stereocenters. The van der Waals surface area contributed by atoms with E-state index in [9.17, 15) is 14.4 Å². The van der Waals surface area contributed by atoms with Gasteiger partial charge in [0, 0.05) is 35.6 Å². The van der Waals surface area contributed by atoms with Crippen LogP contribution >= 0.6 is 0 Å². The first-order valence-corrected chi connectivity index (χ1v) is 11.7. The maximum atomic E-state index is 12.3. The Kier molecular flexibility index (Phi) is 9.42. The molecule has 0 heterocycles. The van der Waals surface area contributed by atoms with Crippen molar-refractivity contribution in [2.45, 2.75) is 33.1 Å². The minimum Gasteiger partial charge on any atom is -0.376 e. The topological polar surface area (TPSA) is 99.3 Å². The van der Waals surface area contributed by atoms with Crippen molar-refractivity contribution in [2.75, 3.05) is 27.8 Å². The van der Waals surface area contributed by atoms with Gasteiger partial charge in [-0.1, -0.05) is 50.2 Å². The van der Waals surface area contributed by atoms with E-state index in [4.69, 9.17) is 0 Å². The Morgan fingerprint density at radius 3 is 1.91 bits per heavy atom. The first-order chi connectivity index (χ1) is 16.9. The van der Waals surface area contributed by atoms with E-state index in [1.165, 1.54) is 0 Å². The van der Waals surface area contributed by atoms with Crippen molar-refractivity contribution < 1.29 is 14.4 Å². The lowest BCUT2D eigenvalue weighted by atomic mass is 10.1. The maximum Gasteiger partial charge on any atom is 0.243 e. The number of nitrogens with one attached hydrogen (secondary N) is 4. The Morgan fingerprint density at radius 1 is 0.657 bits per heavy atom. The summed E-state index contributed by atoms with van der Waals surface area (Å²) in [6.45, 7) is 4.05. The lowest BCUT2D eigenvalue weighted by Gasteiger charge is -2.11. The van der Waals surface area contributed by atoms with Gasteiger partial charge in [0.05, 0.1) is 6.54 Å². The van der Waals surface area contributed by atoms with E-state index in [2.05, 4.69) is 21.3 Å². The van der Waals surface area contributed by atoms with Gasteiger partial charge in [0.1, 0.15) is 0 Å². The minimum absolute atomic E-state index is 0.0319. The summed E-state index contributed by atoms with van der Waals surface area (Å²) in [5, 5.41) is 11.6. The SMILES string of the molecule is CC(C)CC(=O)Nc1ccc(NC(=O)CNc2cccc(NC(=O)CCc3ccccc3)c2)cc1. The van der Waals surface area contributed by atoms with Gasteiger partial charge in [-0.2, -0.15) is 0 Å². The second kappa shape index (κ2) is 12.9. The van der Waals surface area contributed by atoms with Crippen LogP contribution in [0.4, 0.5) is 22.7 Å². The summed E-state index contributed by atoms with van der Waals surface area (Å²) in [7, 11) is 0. The summed E-state index contributed by atoms with van der Waals surface area (Å²) >= 11 is 0. The maximum absolute atomic E-state index is 12.3. The van der Waals surface area contributed by atoms with Crippen LogP contribution in [0.15, 0.2) is 78.9 Å². The number of carbonyl (C=O) groups excluding carboxylic acids is 3. The van der Waals surface area contributed by atoms with Crippen molar-refractivity contribution in [3.05, 3.63) is 84.4 Å². The fourth-order valence-electron chi connectivity index (χ4n) is 3.44. The van der Waals surface area contributed by atoms with E-state index in [1.807, 2.05) is 62.4 Å². The molecule has 0 aromatic heterocycles. The second-order valence-electron chi connectivity index (χ2n) is 8.74. The largest absolute Gasteiger partial charge is 0.376 e. The summed E-state index contributed by atoms with van der Waals surface area (Å²) in [5.41, 5.74) is 3.84. The number of anilines is 4. The molecule has 182 valence electrons. The summed E-state index contributed by atoms with van der Waals surface area (Å²) in [4.78, 5) is 36.5. The number of rotatable bonds is 11. The van der Waals surface area contributed by atoms with Gasteiger partial charge in [-0.15, -0.1) is 0 Å². The highest BCUT2D eigenvalue weighted by molar-refractivity contribution is 5.95. The minimum atomic E-state index is -0.209. The molecule has 0 atom stereocenters. The standard InChI is InChI=1S/C28H32N4O3/c1-20(2)17-27(34)30-22-12-14-23(15-13-22)31-28(35)19-29-24-9-6-10-25(18-24)32-26(33)16-11-21-7-4-3-5-8-21/h3-10,12-15,18,20,29H,11,16-17,19H2,1-2H3,(H,30,34)(H,31,35)(H,32,33). The van der Waals surface area contributed by atoms with Crippen LogP contribution < -0.4 is 21.3 Å². The molecule has 3 rings (SSSR count). The summed E-state index contributed by atoms with van der Waals surface area (Å²) < 4.78 is 0. The fourth-order valence-corrected chi connectivity index (χ4v) is 3.44. The van der Waals surface area contributed by atoms with Gasteiger partial charge in [-0.05, 0) is 60.4 Å². The first kappa shape index (κ1) is 25.5. The van der Waals surface area contributed by atoms with Crippen molar-refractivity contribution in [3.63, 3.8) is 0 Å². The number of amides is 3. The molecule has 0 radical (unpaired) electrons. The average molecular weight is 473 g/mol. The molecule has 0 aliphatic rings. The number of aryl methyl sites for hydroxylation is 1. The zero-order chi connectivity index (χ0) is 25.0. The molecule has 3 aromatic rings. The number of benzene rings is 3. The molecule has 4 N–H and O–H groups in total. The molecule has 0 bridgehead atoms. The summed E-state index contributed by atoms with van der Waals surface area (Å²) in [6, 6.07) is 24.1. The lowest BCUT2D eigenvalue weighted by molar-refractivity contribution is -0.117. The number of carbonyl (C=O) groups is 3. The van der Waals surface area contributed by atoms with E-state index in [1.54, 1.807) is 30.3 Å². The van der Waals surface area contributed by atoms with Crippen LogP contribution in [0.25, 0.3) is 0 Å². The normalized spacial score (nSPS) is 10.5. The Morgan fingerprint density at radius 2 is 1.26 bits per heavy atom. The monoisotopic (exact) mass is 472 g/mol. The fraction of sp³-hybridized carbons (Fsp3) is 0.250. The van der Waals surface area contributed by atoms with E-state index < -0.39 is 0 Å². The quantitative estimate of drug-likeness (QED) is 0.305. The predicted octanol–water partition coefficient (Wildman–Crippen LogP) is 5.29. The molecule has 0 aliphatic heterocycles. The lowest BCUT2D eigenvalue weighted by Crippen LogP contribution is -2.22. The van der Waals surface area contributed by atoms with Crippen molar-refractivity contribution in [1.82, 2.24) is 0 Å². The van der Waals surface area contributed by atoms with Gasteiger partial charge in [-0.25, -0.2) is 0 Å². The molecule has 0 saturated carbocycles. The van der Waals surface area contributed by atoms with Crippen LogP contribution in [0.5, 0.6) is 0 Å². The van der Waals surface area contributed by atoms with Gasteiger partial charge >= 0.3 is 0 Å². The predicted molar refractivity (Wildman–Crippen MR) is 141 cm³/mol. The van der Waals surface area contributed by atoms with Crippen LogP contribution in [0.2, 0.25) is 0 Å². The van der Waals surface area contributed by atoms with Crippen molar-refractivity contribution in [2.24, 2.45) is 5.92 Å². The zero-order valence-electron chi connectivity index (χ0n) is 20.1. The van der Waals surface area contributed by atoms with E-state index >= 15 is 0 Å². The molecule has 7 nitrogen and oxygen atoms in total. The second-order valence-corrected chi connectivity index (χ2v) is 8.74. The molecular weight excluding hydrogens is 440 g/mol. The van der Waals surface area contributed by atoms with Crippen molar-refractivity contribution in [3.8, 4) is 0 Å². The first-order valence-electron chi connectivity index (χ1n) is 11.7. The number of hydrogen-bond acceptors (Lipinski definition) is 4. The van der Waals surface area contributed by atoms with E-state index in [0.717, 1.165) is 11.3 Å². The van der Waals surface area contributed by atoms with Crippen LogP contribution in [-0.2, 0) is 20.8 Å². The summed E-state index contributed by atoms with van der Waals surface area (Å²) in [5.74, 6) is -0.0141. The van der Waals surface area contributed by atoms with E-state index in [-0.39, 0.29) is 30.2 Å². The Hall–Kier alpha value is -4.13. The highest BCUT2D eigenvalue weighted by Crippen LogP contribution is 2.17. The molecule has 0 fully saturated rings. The van der Waals surface area contributed by atoms with Gasteiger partial charge in [-0.3, -0.25) is 14.4 Å². The third-order valence-corrected chi connectivity index (χ3v) is 5.13. The van der Waals surface area contributed by atoms with Crippen molar-refractivity contribution >= 4 is 40.5 Å².